The van der Waals surface area contributed by atoms with E-state index < -0.39 is 0 Å². The smallest absolute Gasteiger partial charge is 0.201 e. The van der Waals surface area contributed by atoms with Gasteiger partial charge in [-0.05, 0) is 64.2 Å². The first-order valence-corrected chi connectivity index (χ1v) is 7.49. The van der Waals surface area contributed by atoms with Crippen LogP contribution >= 0.6 is 27.5 Å². The second kappa shape index (κ2) is 4.87. The summed E-state index contributed by atoms with van der Waals surface area (Å²) >= 11 is 9.47. The van der Waals surface area contributed by atoms with Crippen LogP contribution in [-0.4, -0.2) is 5.78 Å². The molecule has 1 aliphatic rings. The quantitative estimate of drug-likeness (QED) is 0.683. The zero-order valence-corrected chi connectivity index (χ0v) is 13.5. The molecule has 3 rings (SSSR count). The Morgan fingerprint density at radius 3 is 2.30 bits per heavy atom. The highest BCUT2D eigenvalue weighted by Crippen LogP contribution is 2.42. The molecule has 0 radical (unpaired) electrons. The van der Waals surface area contributed by atoms with Crippen LogP contribution in [0.5, 0.6) is 0 Å². The first-order chi connectivity index (χ1) is 9.50. The van der Waals surface area contributed by atoms with Gasteiger partial charge in [0, 0.05) is 16.2 Å². The number of hydrogen-bond acceptors (Lipinski definition) is 1. The fraction of sp³-hybridized carbons (Fsp3) is 0.118. The van der Waals surface area contributed by atoms with E-state index in [1.54, 1.807) is 6.07 Å². The Bertz CT molecular complexity index is 754. The molecule has 0 bridgehead atoms. The molecule has 0 aromatic heterocycles. The molecular weight excluding hydrogens is 336 g/mol. The first kappa shape index (κ1) is 13.6. The average Bonchev–Trinajstić information content (AvgIpc) is 2.64. The van der Waals surface area contributed by atoms with Gasteiger partial charge in [0.25, 0.3) is 0 Å². The van der Waals surface area contributed by atoms with Crippen molar-refractivity contribution in [1.82, 2.24) is 0 Å². The van der Waals surface area contributed by atoms with E-state index in [2.05, 4.69) is 41.9 Å². The molecule has 0 heterocycles. The lowest BCUT2D eigenvalue weighted by molar-refractivity contribution is 0.104. The molecule has 2 aromatic carbocycles. The molecule has 0 unspecified atom stereocenters. The van der Waals surface area contributed by atoms with Crippen LogP contribution in [0.25, 0.3) is 5.57 Å². The van der Waals surface area contributed by atoms with Crippen LogP contribution in [0.4, 0.5) is 0 Å². The fourth-order valence-corrected chi connectivity index (χ4v) is 3.52. The van der Waals surface area contributed by atoms with Gasteiger partial charge in [-0.25, -0.2) is 0 Å². The maximum absolute atomic E-state index is 12.4. The van der Waals surface area contributed by atoms with Crippen molar-refractivity contribution in [3.63, 3.8) is 0 Å². The molecule has 0 spiro atoms. The predicted octanol–water partition coefficient (Wildman–Crippen LogP) is 5.31. The van der Waals surface area contributed by atoms with Gasteiger partial charge in [0.1, 0.15) is 0 Å². The molecule has 0 amide bonds. The minimum Gasteiger partial charge on any atom is -0.288 e. The monoisotopic (exact) mass is 346 g/mol. The molecular formula is C17H12BrClO. The summed E-state index contributed by atoms with van der Waals surface area (Å²) in [6.07, 6.45) is 0. The lowest BCUT2D eigenvalue weighted by Crippen LogP contribution is -1.94. The van der Waals surface area contributed by atoms with Gasteiger partial charge in [0.05, 0.1) is 4.48 Å². The number of benzene rings is 2. The van der Waals surface area contributed by atoms with Gasteiger partial charge in [0.15, 0.2) is 0 Å². The van der Waals surface area contributed by atoms with E-state index in [0.29, 0.717) is 15.1 Å². The number of carbonyl (C=O) groups excluding carboxylic acids is 1. The summed E-state index contributed by atoms with van der Waals surface area (Å²) in [5, 5.41) is 0.583. The van der Waals surface area contributed by atoms with Crippen molar-refractivity contribution in [2.75, 3.05) is 0 Å². The van der Waals surface area contributed by atoms with E-state index in [4.69, 9.17) is 11.6 Å². The zero-order chi connectivity index (χ0) is 14.4. The van der Waals surface area contributed by atoms with Gasteiger partial charge in [-0.2, -0.15) is 0 Å². The van der Waals surface area contributed by atoms with Gasteiger partial charge in [-0.1, -0.05) is 35.9 Å². The lowest BCUT2D eigenvalue weighted by atomic mass is 9.92. The molecule has 1 aliphatic carbocycles. The molecule has 2 aromatic rings. The standard InChI is InChI=1S/C17H12BrClO/c1-9-4-3-5-10(2)14(9)15-12-7-6-11(19)8-13(12)17(20)16(15)18/h3-8H,1-2H3. The molecule has 100 valence electrons. The summed E-state index contributed by atoms with van der Waals surface area (Å²) in [4.78, 5) is 12.4. The predicted molar refractivity (Wildman–Crippen MR) is 86.6 cm³/mol. The van der Waals surface area contributed by atoms with E-state index in [0.717, 1.165) is 27.8 Å². The first-order valence-electron chi connectivity index (χ1n) is 6.31. The Morgan fingerprint density at radius 1 is 1.00 bits per heavy atom. The van der Waals surface area contributed by atoms with Crippen molar-refractivity contribution in [3.8, 4) is 0 Å². The molecule has 20 heavy (non-hydrogen) atoms. The van der Waals surface area contributed by atoms with Crippen molar-refractivity contribution in [2.24, 2.45) is 0 Å². The summed E-state index contributed by atoms with van der Waals surface area (Å²) in [7, 11) is 0. The Balaban J connectivity index is 2.33. The number of carbonyl (C=O) groups is 1. The third-order valence-corrected chi connectivity index (χ3v) is 4.64. The number of ketones is 1. The number of hydrogen-bond donors (Lipinski definition) is 0. The normalized spacial score (nSPS) is 13.9. The highest BCUT2D eigenvalue weighted by atomic mass is 79.9. The number of aryl methyl sites for hydroxylation is 2. The summed E-state index contributed by atoms with van der Waals surface area (Å²) in [5.74, 6) is 0.000142. The third kappa shape index (κ3) is 1.95. The van der Waals surface area contributed by atoms with Gasteiger partial charge in [0.2, 0.25) is 5.78 Å². The van der Waals surface area contributed by atoms with E-state index in [9.17, 15) is 4.79 Å². The number of Topliss-reactive ketones (excluding diaryl/α,β-unsaturated/α-hetero) is 1. The Labute approximate surface area is 131 Å². The van der Waals surface area contributed by atoms with Gasteiger partial charge in [-0.3, -0.25) is 4.79 Å². The molecule has 0 atom stereocenters. The van der Waals surface area contributed by atoms with Crippen LogP contribution < -0.4 is 0 Å². The lowest BCUT2D eigenvalue weighted by Gasteiger charge is -2.12. The average molecular weight is 348 g/mol. The van der Waals surface area contributed by atoms with Crippen molar-refractivity contribution in [1.29, 1.82) is 0 Å². The summed E-state index contributed by atoms with van der Waals surface area (Å²) in [6.45, 7) is 4.13. The maximum Gasteiger partial charge on any atom is 0.201 e. The minimum atomic E-state index is 0.000142. The molecule has 3 heteroatoms. The largest absolute Gasteiger partial charge is 0.288 e. The van der Waals surface area contributed by atoms with Crippen LogP contribution in [0, 0.1) is 13.8 Å². The topological polar surface area (TPSA) is 17.1 Å². The molecule has 0 saturated carbocycles. The Morgan fingerprint density at radius 2 is 1.65 bits per heavy atom. The third-order valence-electron chi connectivity index (χ3n) is 3.65. The van der Waals surface area contributed by atoms with Crippen LogP contribution in [0.3, 0.4) is 0 Å². The van der Waals surface area contributed by atoms with E-state index in [1.165, 1.54) is 0 Å². The summed E-state index contributed by atoms with van der Waals surface area (Å²) in [6, 6.07) is 11.6. The SMILES string of the molecule is Cc1cccc(C)c1C1=C(Br)C(=O)c2cc(Cl)ccc21. The van der Waals surface area contributed by atoms with Crippen LogP contribution in [-0.2, 0) is 0 Å². The number of fused-ring (bicyclic) bond motifs is 1. The fourth-order valence-electron chi connectivity index (χ4n) is 2.73. The second-order valence-electron chi connectivity index (χ2n) is 4.97. The number of allylic oxidation sites excluding steroid dienone is 1. The minimum absolute atomic E-state index is 0.000142. The summed E-state index contributed by atoms with van der Waals surface area (Å²) in [5.41, 5.74) is 6.02. The molecule has 0 fully saturated rings. The zero-order valence-electron chi connectivity index (χ0n) is 11.1. The van der Waals surface area contributed by atoms with Crippen molar-refractivity contribution >= 4 is 38.9 Å². The van der Waals surface area contributed by atoms with Gasteiger partial charge >= 0.3 is 0 Å². The molecule has 0 saturated heterocycles. The number of rotatable bonds is 1. The van der Waals surface area contributed by atoms with E-state index in [1.807, 2.05) is 18.2 Å². The molecule has 0 aliphatic heterocycles. The summed E-state index contributed by atoms with van der Waals surface area (Å²) < 4.78 is 0.618. The van der Waals surface area contributed by atoms with Crippen molar-refractivity contribution < 1.29 is 4.79 Å². The van der Waals surface area contributed by atoms with Crippen LogP contribution in [0.2, 0.25) is 5.02 Å². The van der Waals surface area contributed by atoms with Crippen molar-refractivity contribution in [2.45, 2.75) is 13.8 Å². The second-order valence-corrected chi connectivity index (χ2v) is 6.20. The highest BCUT2D eigenvalue weighted by Gasteiger charge is 2.30. The van der Waals surface area contributed by atoms with E-state index in [-0.39, 0.29) is 5.78 Å². The van der Waals surface area contributed by atoms with E-state index >= 15 is 0 Å². The molecule has 1 nitrogen and oxygen atoms in total. The molecule has 0 N–H and O–H groups in total. The van der Waals surface area contributed by atoms with Crippen molar-refractivity contribution in [3.05, 3.63) is 73.7 Å². The highest BCUT2D eigenvalue weighted by molar-refractivity contribution is 9.12. The van der Waals surface area contributed by atoms with Gasteiger partial charge in [-0.15, -0.1) is 0 Å². The number of halogens is 2. The van der Waals surface area contributed by atoms with Gasteiger partial charge < -0.3 is 0 Å². The Hall–Kier alpha value is -1.38. The maximum atomic E-state index is 12.4. The Kier molecular flexibility index (Phi) is 3.31. The van der Waals surface area contributed by atoms with Crippen LogP contribution in [0.1, 0.15) is 32.6 Å². The van der Waals surface area contributed by atoms with Crippen LogP contribution in [0.15, 0.2) is 40.9 Å².